The second-order valence-corrected chi connectivity index (χ2v) is 7.52. The van der Waals surface area contributed by atoms with Crippen LogP contribution < -0.4 is 4.90 Å². The molecule has 130 valence electrons. The van der Waals surface area contributed by atoms with Gasteiger partial charge in [0.15, 0.2) is 0 Å². The molecule has 0 bridgehead atoms. The summed E-state index contributed by atoms with van der Waals surface area (Å²) in [5, 5.41) is 10.0. The first-order valence-electron chi connectivity index (χ1n) is 8.70. The monoisotopic (exact) mass is 348 g/mol. The maximum absolute atomic E-state index is 9.55. The molecule has 4 nitrogen and oxygen atoms in total. The minimum Gasteiger partial charge on any atom is -0.396 e. The second-order valence-electron chi connectivity index (χ2n) is 7.14. The van der Waals surface area contributed by atoms with Gasteiger partial charge in [0.1, 0.15) is 5.15 Å². The highest BCUT2D eigenvalue weighted by Crippen LogP contribution is 2.34. The summed E-state index contributed by atoms with van der Waals surface area (Å²) in [7, 11) is 0. The Morgan fingerprint density at radius 1 is 1.38 bits per heavy atom. The highest BCUT2D eigenvalue weighted by Gasteiger charge is 2.30. The summed E-state index contributed by atoms with van der Waals surface area (Å²) in [6.45, 7) is 5.81. The molecule has 2 aliphatic heterocycles. The van der Waals surface area contributed by atoms with E-state index in [1.165, 1.54) is 0 Å². The third kappa shape index (κ3) is 4.22. The molecule has 0 radical (unpaired) electrons. The lowest BCUT2D eigenvalue weighted by Crippen LogP contribution is -2.40. The van der Waals surface area contributed by atoms with Crippen LogP contribution in [0.5, 0.6) is 0 Å². The van der Waals surface area contributed by atoms with Crippen molar-refractivity contribution in [3.05, 3.63) is 23.0 Å². The van der Waals surface area contributed by atoms with E-state index in [0.717, 1.165) is 63.2 Å². The Hall–Kier alpha value is -1.28. The molecule has 0 unspecified atom stereocenters. The van der Waals surface area contributed by atoms with Crippen LogP contribution in [0.2, 0.25) is 5.15 Å². The summed E-state index contributed by atoms with van der Waals surface area (Å²) >= 11 is 6.13. The number of pyridine rings is 1. The highest BCUT2D eigenvalue weighted by atomic mass is 35.5. The van der Waals surface area contributed by atoms with Crippen LogP contribution in [-0.4, -0.2) is 43.0 Å². The van der Waals surface area contributed by atoms with Gasteiger partial charge in [-0.2, -0.15) is 0 Å². The molecule has 1 N–H and O–H groups in total. The molecular formula is C19H25ClN2O2. The van der Waals surface area contributed by atoms with Gasteiger partial charge in [0.2, 0.25) is 0 Å². The number of hydrogen-bond donors (Lipinski definition) is 1. The number of nitrogens with zero attached hydrogens (tertiary/aromatic N) is 2. The molecular weight excluding hydrogens is 324 g/mol. The molecule has 0 atom stereocenters. The Labute approximate surface area is 149 Å². The van der Waals surface area contributed by atoms with Crippen molar-refractivity contribution < 1.29 is 9.84 Å². The van der Waals surface area contributed by atoms with Gasteiger partial charge in [-0.3, -0.25) is 0 Å². The standard InChI is InChI=1S/C19H25ClN2O2/c1-19(14-23)6-8-22(9-7-19)17-12-18(20)21-13-16(17)3-2-15-4-10-24-11-5-15/h12-13,15,23H,4-11,14H2,1H3. The normalized spacial score (nSPS) is 21.2. The molecule has 0 spiro atoms. The zero-order valence-electron chi connectivity index (χ0n) is 14.2. The summed E-state index contributed by atoms with van der Waals surface area (Å²) in [4.78, 5) is 6.53. The molecule has 1 aromatic heterocycles. The zero-order valence-corrected chi connectivity index (χ0v) is 15.0. The molecule has 3 rings (SSSR count). The Balaban J connectivity index is 1.78. The van der Waals surface area contributed by atoms with Crippen LogP contribution in [-0.2, 0) is 4.74 Å². The van der Waals surface area contributed by atoms with E-state index >= 15 is 0 Å². The van der Waals surface area contributed by atoms with Crippen molar-refractivity contribution in [3.8, 4) is 11.8 Å². The van der Waals surface area contributed by atoms with E-state index in [0.29, 0.717) is 11.1 Å². The van der Waals surface area contributed by atoms with Crippen molar-refractivity contribution in [1.82, 2.24) is 4.98 Å². The van der Waals surface area contributed by atoms with Gasteiger partial charge in [0.05, 0.1) is 11.3 Å². The third-order valence-corrected chi connectivity index (χ3v) is 5.38. The van der Waals surface area contributed by atoms with Gasteiger partial charge in [-0.15, -0.1) is 0 Å². The van der Waals surface area contributed by atoms with E-state index in [1.54, 1.807) is 6.20 Å². The van der Waals surface area contributed by atoms with Crippen molar-refractivity contribution in [2.45, 2.75) is 32.6 Å². The van der Waals surface area contributed by atoms with E-state index in [9.17, 15) is 5.11 Å². The van der Waals surface area contributed by atoms with Crippen LogP contribution in [0.1, 0.15) is 38.2 Å². The van der Waals surface area contributed by atoms with E-state index in [2.05, 4.69) is 28.6 Å². The SMILES string of the molecule is CC1(CO)CCN(c2cc(Cl)ncc2C#CC2CCOCC2)CC1. The molecule has 2 saturated heterocycles. The molecule has 2 fully saturated rings. The van der Waals surface area contributed by atoms with Crippen molar-refractivity contribution in [2.75, 3.05) is 37.8 Å². The lowest BCUT2D eigenvalue weighted by Gasteiger charge is -2.39. The van der Waals surface area contributed by atoms with Gasteiger partial charge in [-0.05, 0) is 31.1 Å². The molecule has 5 heteroatoms. The predicted molar refractivity (Wildman–Crippen MR) is 96.3 cm³/mol. The quantitative estimate of drug-likeness (QED) is 0.659. The summed E-state index contributed by atoms with van der Waals surface area (Å²) in [6.07, 6.45) is 5.72. The second kappa shape index (κ2) is 7.74. The van der Waals surface area contributed by atoms with Crippen molar-refractivity contribution in [2.24, 2.45) is 11.3 Å². The molecule has 0 saturated carbocycles. The first-order valence-corrected chi connectivity index (χ1v) is 9.08. The first kappa shape index (κ1) is 17.5. The fourth-order valence-electron chi connectivity index (χ4n) is 3.25. The van der Waals surface area contributed by atoms with Crippen LogP contribution >= 0.6 is 11.6 Å². The molecule has 2 aliphatic rings. The number of aliphatic hydroxyl groups is 1. The number of ether oxygens (including phenoxy) is 1. The Morgan fingerprint density at radius 3 is 2.75 bits per heavy atom. The smallest absolute Gasteiger partial charge is 0.131 e. The number of aliphatic hydroxyl groups excluding tert-OH is 1. The lowest BCUT2D eigenvalue weighted by atomic mass is 9.81. The number of rotatable bonds is 2. The van der Waals surface area contributed by atoms with E-state index in [-0.39, 0.29) is 12.0 Å². The Morgan fingerprint density at radius 2 is 2.08 bits per heavy atom. The Kier molecular flexibility index (Phi) is 5.65. The minimum absolute atomic E-state index is 0.0290. The Bertz CT molecular complexity index is 624. The average Bonchev–Trinajstić information content (AvgIpc) is 2.62. The molecule has 24 heavy (non-hydrogen) atoms. The maximum Gasteiger partial charge on any atom is 0.131 e. The predicted octanol–water partition coefficient (Wildman–Crippen LogP) is 3.11. The molecule has 0 amide bonds. The maximum atomic E-state index is 9.55. The zero-order chi connectivity index (χ0) is 17.0. The van der Waals surface area contributed by atoms with Gasteiger partial charge in [-0.25, -0.2) is 4.98 Å². The molecule has 0 aliphatic carbocycles. The van der Waals surface area contributed by atoms with Crippen LogP contribution in [0.3, 0.4) is 0 Å². The van der Waals surface area contributed by atoms with Crippen LogP contribution in [0.25, 0.3) is 0 Å². The number of anilines is 1. The van der Waals surface area contributed by atoms with Gasteiger partial charge in [0.25, 0.3) is 0 Å². The summed E-state index contributed by atoms with van der Waals surface area (Å²) < 4.78 is 5.39. The topological polar surface area (TPSA) is 45.6 Å². The molecule has 1 aromatic rings. The van der Waals surface area contributed by atoms with Gasteiger partial charge < -0.3 is 14.7 Å². The number of hydrogen-bond acceptors (Lipinski definition) is 4. The number of aromatic nitrogens is 1. The van der Waals surface area contributed by atoms with Crippen LogP contribution in [0.15, 0.2) is 12.3 Å². The van der Waals surface area contributed by atoms with Gasteiger partial charge in [-0.1, -0.05) is 30.4 Å². The summed E-state index contributed by atoms with van der Waals surface area (Å²) in [5.41, 5.74) is 2.04. The van der Waals surface area contributed by atoms with Crippen molar-refractivity contribution in [1.29, 1.82) is 0 Å². The van der Waals surface area contributed by atoms with Gasteiger partial charge in [0, 0.05) is 51.1 Å². The minimum atomic E-state index is 0.0290. The fourth-order valence-corrected chi connectivity index (χ4v) is 3.40. The highest BCUT2D eigenvalue weighted by molar-refractivity contribution is 6.29. The average molecular weight is 349 g/mol. The van der Waals surface area contributed by atoms with Gasteiger partial charge >= 0.3 is 0 Å². The van der Waals surface area contributed by atoms with Crippen LogP contribution in [0.4, 0.5) is 5.69 Å². The summed E-state index contributed by atoms with van der Waals surface area (Å²) in [5.74, 6) is 7.11. The largest absolute Gasteiger partial charge is 0.396 e. The van der Waals surface area contributed by atoms with E-state index < -0.39 is 0 Å². The van der Waals surface area contributed by atoms with E-state index in [1.807, 2.05) is 6.07 Å². The lowest BCUT2D eigenvalue weighted by molar-refractivity contribution is 0.0807. The van der Waals surface area contributed by atoms with Crippen LogP contribution in [0, 0.1) is 23.2 Å². The molecule has 0 aromatic carbocycles. The summed E-state index contributed by atoms with van der Waals surface area (Å²) in [6, 6.07) is 1.91. The third-order valence-electron chi connectivity index (χ3n) is 5.17. The fraction of sp³-hybridized carbons (Fsp3) is 0.632. The number of piperidine rings is 1. The van der Waals surface area contributed by atoms with E-state index in [4.69, 9.17) is 16.3 Å². The van der Waals surface area contributed by atoms with Crippen molar-refractivity contribution >= 4 is 17.3 Å². The number of halogens is 1. The van der Waals surface area contributed by atoms with Crippen molar-refractivity contribution in [3.63, 3.8) is 0 Å². The first-order chi connectivity index (χ1) is 11.6. The molecule has 3 heterocycles.